The smallest absolute Gasteiger partial charge is 0.202 e. The minimum atomic E-state index is -0.103. The fraction of sp³-hybridized carbons (Fsp3) is 0.353. The predicted molar refractivity (Wildman–Crippen MR) is 101 cm³/mol. The van der Waals surface area contributed by atoms with E-state index in [1.807, 2.05) is 0 Å². The summed E-state index contributed by atoms with van der Waals surface area (Å²) in [5.41, 5.74) is 8.66. The highest BCUT2D eigenvalue weighted by Gasteiger charge is 2.27. The molecule has 25 heavy (non-hydrogen) atoms. The maximum atomic E-state index is 6.30. The molecule has 3 N–H and O–H groups in total. The molecule has 1 fully saturated rings. The Labute approximate surface area is 155 Å². The number of aromatic nitrogens is 4. The molecule has 1 saturated heterocycles. The highest BCUT2D eigenvalue weighted by molar-refractivity contribution is 6.39. The first-order valence-electron chi connectivity index (χ1n) is 8.14. The second-order valence-corrected chi connectivity index (χ2v) is 7.55. The van der Waals surface area contributed by atoms with Gasteiger partial charge in [-0.1, -0.05) is 29.3 Å². The van der Waals surface area contributed by atoms with Gasteiger partial charge in [-0.2, -0.15) is 5.10 Å². The third kappa shape index (κ3) is 3.05. The number of aromatic amines is 1. The molecule has 0 aliphatic carbocycles. The molecule has 4 rings (SSSR count). The van der Waals surface area contributed by atoms with E-state index in [9.17, 15) is 0 Å². The van der Waals surface area contributed by atoms with E-state index in [-0.39, 0.29) is 5.54 Å². The molecule has 0 bridgehead atoms. The number of nitrogens with zero attached hydrogens (tertiary/aromatic N) is 4. The van der Waals surface area contributed by atoms with Crippen molar-refractivity contribution in [3.05, 3.63) is 34.4 Å². The Hall–Kier alpha value is -1.89. The molecule has 2 aromatic heterocycles. The van der Waals surface area contributed by atoms with Crippen molar-refractivity contribution in [1.82, 2.24) is 20.2 Å². The largest absolute Gasteiger partial charge is 0.355 e. The number of nitrogens with two attached hydrogens (primary N) is 1. The molecule has 130 valence electrons. The average molecular weight is 377 g/mol. The molecule has 0 atom stereocenters. The monoisotopic (exact) mass is 376 g/mol. The maximum Gasteiger partial charge on any atom is 0.202 e. The number of piperidine rings is 1. The highest BCUT2D eigenvalue weighted by atomic mass is 35.5. The van der Waals surface area contributed by atoms with Gasteiger partial charge in [-0.3, -0.25) is 5.10 Å². The van der Waals surface area contributed by atoms with Crippen LogP contribution in [0.5, 0.6) is 0 Å². The molecule has 3 aromatic rings. The normalized spacial score (nSPS) is 17.2. The van der Waals surface area contributed by atoms with Crippen molar-refractivity contribution in [2.45, 2.75) is 25.3 Å². The number of anilines is 1. The molecular weight excluding hydrogens is 359 g/mol. The van der Waals surface area contributed by atoms with Gasteiger partial charge in [-0.25, -0.2) is 9.97 Å². The molecule has 0 spiro atoms. The first-order chi connectivity index (χ1) is 11.9. The van der Waals surface area contributed by atoms with E-state index in [1.54, 1.807) is 24.4 Å². The Balaban J connectivity index is 1.70. The zero-order valence-electron chi connectivity index (χ0n) is 13.8. The maximum absolute atomic E-state index is 6.30. The number of hydrogen-bond donors (Lipinski definition) is 2. The zero-order chi connectivity index (χ0) is 17.6. The molecule has 0 amide bonds. The standard InChI is InChI=1S/C17H18Cl2N6/c1-17(20)5-7-25(8-6-17)12-9-21-15-14(23-24-16(15)22-12)13-10(18)3-2-4-11(13)19/h2-4,9H,5-8,20H2,1H3,(H,22,23,24). The van der Waals surface area contributed by atoms with Crippen molar-refractivity contribution in [3.8, 4) is 11.3 Å². The average Bonchev–Trinajstić information content (AvgIpc) is 2.98. The van der Waals surface area contributed by atoms with Crippen LogP contribution in [0.3, 0.4) is 0 Å². The van der Waals surface area contributed by atoms with Crippen molar-refractivity contribution >= 4 is 40.2 Å². The first kappa shape index (κ1) is 16.6. The van der Waals surface area contributed by atoms with Crippen LogP contribution in [0.25, 0.3) is 22.4 Å². The molecule has 0 radical (unpaired) electrons. The molecule has 0 unspecified atom stereocenters. The summed E-state index contributed by atoms with van der Waals surface area (Å²) in [4.78, 5) is 11.4. The van der Waals surface area contributed by atoms with Crippen LogP contribution >= 0.6 is 23.2 Å². The predicted octanol–water partition coefficient (Wildman–Crippen LogP) is 3.64. The summed E-state index contributed by atoms with van der Waals surface area (Å²) in [6.45, 7) is 3.81. The minimum Gasteiger partial charge on any atom is -0.355 e. The molecule has 1 aliphatic rings. The molecule has 1 aromatic carbocycles. The number of rotatable bonds is 2. The summed E-state index contributed by atoms with van der Waals surface area (Å²) < 4.78 is 0. The molecule has 8 heteroatoms. The second-order valence-electron chi connectivity index (χ2n) is 6.74. The van der Waals surface area contributed by atoms with Crippen molar-refractivity contribution < 1.29 is 0 Å². The van der Waals surface area contributed by atoms with Crippen LogP contribution in [0.2, 0.25) is 10.0 Å². The third-order valence-electron chi connectivity index (χ3n) is 4.69. The van der Waals surface area contributed by atoms with E-state index in [4.69, 9.17) is 28.9 Å². The van der Waals surface area contributed by atoms with Crippen LogP contribution in [-0.4, -0.2) is 38.8 Å². The van der Waals surface area contributed by atoms with Crippen LogP contribution in [-0.2, 0) is 0 Å². The Kier molecular flexibility index (Phi) is 4.06. The van der Waals surface area contributed by atoms with Crippen molar-refractivity contribution in [2.24, 2.45) is 5.73 Å². The number of H-pyrrole nitrogens is 1. The third-order valence-corrected chi connectivity index (χ3v) is 5.32. The van der Waals surface area contributed by atoms with E-state index >= 15 is 0 Å². The van der Waals surface area contributed by atoms with E-state index in [2.05, 4.69) is 32.0 Å². The van der Waals surface area contributed by atoms with E-state index in [0.717, 1.165) is 31.7 Å². The van der Waals surface area contributed by atoms with E-state index < -0.39 is 0 Å². The summed E-state index contributed by atoms with van der Waals surface area (Å²) >= 11 is 12.6. The number of nitrogens with one attached hydrogen (secondary N) is 1. The second kappa shape index (κ2) is 6.12. The fourth-order valence-corrected chi connectivity index (χ4v) is 3.68. The topological polar surface area (TPSA) is 83.7 Å². The lowest BCUT2D eigenvalue weighted by Crippen LogP contribution is -2.48. The van der Waals surface area contributed by atoms with Gasteiger partial charge in [0.2, 0.25) is 5.65 Å². The van der Waals surface area contributed by atoms with Gasteiger partial charge in [0.05, 0.1) is 21.9 Å². The van der Waals surface area contributed by atoms with Crippen LogP contribution < -0.4 is 10.6 Å². The summed E-state index contributed by atoms with van der Waals surface area (Å²) in [7, 11) is 0. The summed E-state index contributed by atoms with van der Waals surface area (Å²) in [6, 6.07) is 5.38. The van der Waals surface area contributed by atoms with Gasteiger partial charge in [0, 0.05) is 24.2 Å². The van der Waals surface area contributed by atoms with Gasteiger partial charge in [0.1, 0.15) is 11.3 Å². The summed E-state index contributed by atoms with van der Waals surface area (Å²) in [6.07, 6.45) is 3.62. The van der Waals surface area contributed by atoms with Crippen LogP contribution in [0.4, 0.5) is 5.82 Å². The van der Waals surface area contributed by atoms with Gasteiger partial charge in [0.15, 0.2) is 0 Å². The quantitative estimate of drug-likeness (QED) is 0.712. The van der Waals surface area contributed by atoms with Gasteiger partial charge < -0.3 is 10.6 Å². The molecular formula is C17H18Cl2N6. The van der Waals surface area contributed by atoms with Gasteiger partial charge in [-0.05, 0) is 31.9 Å². The molecule has 3 heterocycles. The van der Waals surface area contributed by atoms with Gasteiger partial charge in [0.25, 0.3) is 0 Å². The van der Waals surface area contributed by atoms with Gasteiger partial charge >= 0.3 is 0 Å². The van der Waals surface area contributed by atoms with Crippen LogP contribution in [0.15, 0.2) is 24.4 Å². The van der Waals surface area contributed by atoms with E-state index in [0.29, 0.717) is 32.5 Å². The Morgan fingerprint density at radius 3 is 2.56 bits per heavy atom. The first-order valence-corrected chi connectivity index (χ1v) is 8.89. The zero-order valence-corrected chi connectivity index (χ0v) is 15.3. The van der Waals surface area contributed by atoms with E-state index in [1.165, 1.54) is 0 Å². The fourth-order valence-electron chi connectivity index (χ4n) is 3.10. The van der Waals surface area contributed by atoms with Crippen molar-refractivity contribution in [2.75, 3.05) is 18.0 Å². The van der Waals surface area contributed by atoms with Crippen LogP contribution in [0.1, 0.15) is 19.8 Å². The minimum absolute atomic E-state index is 0.103. The Bertz CT molecular complexity index is 906. The Morgan fingerprint density at radius 2 is 1.88 bits per heavy atom. The summed E-state index contributed by atoms with van der Waals surface area (Å²) in [5.74, 6) is 0.811. The van der Waals surface area contributed by atoms with Crippen LogP contribution in [0, 0.1) is 0 Å². The number of hydrogen-bond acceptors (Lipinski definition) is 5. The molecule has 0 saturated carbocycles. The molecule has 6 nitrogen and oxygen atoms in total. The van der Waals surface area contributed by atoms with Gasteiger partial charge in [-0.15, -0.1) is 0 Å². The van der Waals surface area contributed by atoms with Crippen molar-refractivity contribution in [3.63, 3.8) is 0 Å². The lowest BCUT2D eigenvalue weighted by Gasteiger charge is -2.37. The molecule has 1 aliphatic heterocycles. The lowest BCUT2D eigenvalue weighted by molar-refractivity contribution is 0.363. The number of benzene rings is 1. The summed E-state index contributed by atoms with van der Waals surface area (Å²) in [5, 5.41) is 8.35. The Morgan fingerprint density at radius 1 is 1.20 bits per heavy atom. The SMILES string of the molecule is CC1(N)CCN(c2cnc3c(-c4c(Cl)cccc4Cl)[nH]nc3n2)CC1. The highest BCUT2D eigenvalue weighted by Crippen LogP contribution is 2.36. The number of fused-ring (bicyclic) bond motifs is 1. The van der Waals surface area contributed by atoms with Crippen molar-refractivity contribution in [1.29, 1.82) is 0 Å². The number of halogens is 2. The lowest BCUT2D eigenvalue weighted by atomic mass is 9.91.